The summed E-state index contributed by atoms with van der Waals surface area (Å²) >= 11 is 0. The van der Waals surface area contributed by atoms with Gasteiger partial charge in [0.1, 0.15) is 17.2 Å². The lowest BCUT2D eigenvalue weighted by molar-refractivity contribution is -0.123. The van der Waals surface area contributed by atoms with E-state index >= 15 is 0 Å². The van der Waals surface area contributed by atoms with Gasteiger partial charge in [0, 0.05) is 12.2 Å². The van der Waals surface area contributed by atoms with Crippen molar-refractivity contribution >= 4 is 23.8 Å². The zero-order chi connectivity index (χ0) is 21.8. The first-order chi connectivity index (χ1) is 13.4. The predicted octanol–water partition coefficient (Wildman–Crippen LogP) is 4.74. The summed E-state index contributed by atoms with van der Waals surface area (Å²) in [6, 6.07) is 8.26. The quantitative estimate of drug-likeness (QED) is 0.711. The lowest BCUT2D eigenvalue weighted by Crippen LogP contribution is -2.55. The zero-order valence-electron chi connectivity index (χ0n) is 18.2. The SMILES string of the molecule is CC(C)(C)OC(=O)N(C(=O)OC(C)(C)C)C1CCCCN(c2ccccc2)C1=O. The Kier molecular flexibility index (Phi) is 6.93. The second-order valence-corrected chi connectivity index (χ2v) is 9.17. The van der Waals surface area contributed by atoms with Crippen molar-refractivity contribution in [2.45, 2.75) is 78.0 Å². The molecule has 0 aromatic heterocycles. The number of para-hydroxylation sites is 1. The van der Waals surface area contributed by atoms with Crippen LogP contribution in [-0.2, 0) is 14.3 Å². The van der Waals surface area contributed by atoms with Crippen LogP contribution in [0.2, 0.25) is 0 Å². The fourth-order valence-corrected chi connectivity index (χ4v) is 3.08. The molecule has 2 rings (SSSR count). The summed E-state index contributed by atoms with van der Waals surface area (Å²) < 4.78 is 10.9. The molecular formula is C22H32N2O5. The summed E-state index contributed by atoms with van der Waals surface area (Å²) in [4.78, 5) is 41.7. The van der Waals surface area contributed by atoms with Crippen molar-refractivity contribution in [2.75, 3.05) is 11.4 Å². The first kappa shape index (κ1) is 22.7. The predicted molar refractivity (Wildman–Crippen MR) is 111 cm³/mol. The van der Waals surface area contributed by atoms with Crippen molar-refractivity contribution < 1.29 is 23.9 Å². The fourth-order valence-electron chi connectivity index (χ4n) is 3.08. The first-order valence-corrected chi connectivity index (χ1v) is 10.0. The Hall–Kier alpha value is -2.57. The smallest absolute Gasteiger partial charge is 0.420 e. The van der Waals surface area contributed by atoms with Crippen LogP contribution in [0.5, 0.6) is 0 Å². The maximum absolute atomic E-state index is 13.4. The van der Waals surface area contributed by atoms with Gasteiger partial charge in [0.25, 0.3) is 5.91 Å². The lowest BCUT2D eigenvalue weighted by atomic mass is 10.1. The van der Waals surface area contributed by atoms with Gasteiger partial charge in [0.05, 0.1) is 0 Å². The van der Waals surface area contributed by atoms with Crippen molar-refractivity contribution in [3.05, 3.63) is 30.3 Å². The third-order valence-corrected chi connectivity index (χ3v) is 4.22. The van der Waals surface area contributed by atoms with Crippen molar-refractivity contribution in [1.82, 2.24) is 4.90 Å². The second-order valence-electron chi connectivity index (χ2n) is 9.17. The van der Waals surface area contributed by atoms with Crippen LogP contribution in [0, 0.1) is 0 Å². The summed E-state index contributed by atoms with van der Waals surface area (Å²) in [6.45, 7) is 10.8. The molecule has 3 amide bonds. The van der Waals surface area contributed by atoms with Gasteiger partial charge < -0.3 is 14.4 Å². The maximum atomic E-state index is 13.4. The second kappa shape index (κ2) is 8.84. The van der Waals surface area contributed by atoms with Crippen LogP contribution in [0.25, 0.3) is 0 Å². The molecule has 160 valence electrons. The van der Waals surface area contributed by atoms with Crippen LogP contribution in [-0.4, -0.2) is 46.8 Å². The minimum atomic E-state index is -0.984. The van der Waals surface area contributed by atoms with Crippen LogP contribution in [0.4, 0.5) is 15.3 Å². The highest BCUT2D eigenvalue weighted by molar-refractivity contribution is 6.02. The molecule has 1 saturated heterocycles. The summed E-state index contributed by atoms with van der Waals surface area (Å²) in [7, 11) is 0. The van der Waals surface area contributed by atoms with Gasteiger partial charge in [0.15, 0.2) is 0 Å². The monoisotopic (exact) mass is 404 g/mol. The van der Waals surface area contributed by atoms with Gasteiger partial charge in [-0.2, -0.15) is 4.90 Å². The van der Waals surface area contributed by atoms with E-state index in [1.165, 1.54) is 0 Å². The van der Waals surface area contributed by atoms with Gasteiger partial charge in [-0.25, -0.2) is 9.59 Å². The Morgan fingerprint density at radius 3 is 1.93 bits per heavy atom. The highest BCUT2D eigenvalue weighted by Crippen LogP contribution is 2.26. The minimum Gasteiger partial charge on any atom is -0.443 e. The summed E-state index contributed by atoms with van der Waals surface area (Å²) in [5, 5.41) is 0. The first-order valence-electron chi connectivity index (χ1n) is 10.0. The molecule has 1 aromatic rings. The maximum Gasteiger partial charge on any atom is 0.420 e. The molecule has 0 aliphatic carbocycles. The Balaban J connectivity index is 2.39. The van der Waals surface area contributed by atoms with E-state index in [4.69, 9.17) is 9.47 Å². The highest BCUT2D eigenvalue weighted by Gasteiger charge is 2.42. The lowest BCUT2D eigenvalue weighted by Gasteiger charge is -2.34. The van der Waals surface area contributed by atoms with Crippen LogP contribution in [0.1, 0.15) is 60.8 Å². The summed E-state index contributed by atoms with van der Waals surface area (Å²) in [5.41, 5.74) is -0.896. The van der Waals surface area contributed by atoms with Crippen molar-refractivity contribution in [1.29, 1.82) is 0 Å². The molecule has 1 heterocycles. The van der Waals surface area contributed by atoms with Crippen molar-refractivity contribution in [3.8, 4) is 0 Å². The Morgan fingerprint density at radius 2 is 1.45 bits per heavy atom. The van der Waals surface area contributed by atoms with Gasteiger partial charge in [-0.3, -0.25) is 4.79 Å². The van der Waals surface area contributed by atoms with Crippen LogP contribution < -0.4 is 4.90 Å². The number of hydrogen-bond donors (Lipinski definition) is 0. The Labute approximate surface area is 172 Å². The van der Waals surface area contributed by atoms with Crippen molar-refractivity contribution in [3.63, 3.8) is 0 Å². The van der Waals surface area contributed by atoms with E-state index < -0.39 is 29.4 Å². The molecule has 0 bridgehead atoms. The molecular weight excluding hydrogens is 372 g/mol. The molecule has 0 N–H and O–H groups in total. The van der Waals surface area contributed by atoms with Gasteiger partial charge >= 0.3 is 12.2 Å². The molecule has 1 aliphatic heterocycles. The average molecular weight is 405 g/mol. The normalized spacial score (nSPS) is 18.1. The van der Waals surface area contributed by atoms with Crippen LogP contribution in [0.15, 0.2) is 30.3 Å². The summed E-state index contributed by atoms with van der Waals surface area (Å²) in [6.07, 6.45) is 0.0795. The largest absolute Gasteiger partial charge is 0.443 e. The number of carbonyl (C=O) groups excluding carboxylic acids is 3. The molecule has 0 spiro atoms. The number of nitrogens with zero attached hydrogens (tertiary/aromatic N) is 2. The van der Waals surface area contributed by atoms with Crippen LogP contribution >= 0.6 is 0 Å². The molecule has 29 heavy (non-hydrogen) atoms. The molecule has 1 fully saturated rings. The van der Waals surface area contributed by atoms with E-state index in [0.29, 0.717) is 19.4 Å². The summed E-state index contributed by atoms with van der Waals surface area (Å²) in [5.74, 6) is -0.314. The third-order valence-electron chi connectivity index (χ3n) is 4.22. The third kappa shape index (κ3) is 6.48. The number of ether oxygens (including phenoxy) is 2. The van der Waals surface area contributed by atoms with Gasteiger partial charge in [-0.1, -0.05) is 18.2 Å². The fraction of sp³-hybridized carbons (Fsp3) is 0.591. The molecule has 1 aliphatic rings. The molecule has 1 atom stereocenters. The van der Waals surface area contributed by atoms with E-state index in [0.717, 1.165) is 17.0 Å². The number of rotatable bonds is 2. The standard InChI is InChI=1S/C22H32N2O5/c1-21(2,3)28-19(26)24(20(27)29-22(4,5)6)17-14-10-11-15-23(18(17)25)16-12-8-7-9-13-16/h7-9,12-13,17H,10-11,14-15H2,1-6H3. The molecule has 7 nitrogen and oxygen atoms in total. The minimum absolute atomic E-state index is 0.314. The average Bonchev–Trinajstić information content (AvgIpc) is 2.75. The van der Waals surface area contributed by atoms with E-state index in [1.807, 2.05) is 30.3 Å². The number of benzene rings is 1. The van der Waals surface area contributed by atoms with Crippen LogP contribution in [0.3, 0.4) is 0 Å². The van der Waals surface area contributed by atoms with E-state index in [9.17, 15) is 14.4 Å². The van der Waals surface area contributed by atoms with E-state index in [2.05, 4.69) is 0 Å². The number of amides is 3. The van der Waals surface area contributed by atoms with Gasteiger partial charge in [0.2, 0.25) is 0 Å². The van der Waals surface area contributed by atoms with E-state index in [1.54, 1.807) is 46.4 Å². The van der Waals surface area contributed by atoms with Gasteiger partial charge in [-0.05, 0) is 72.9 Å². The van der Waals surface area contributed by atoms with Crippen molar-refractivity contribution in [2.24, 2.45) is 0 Å². The molecule has 1 unspecified atom stereocenters. The number of carbonyl (C=O) groups is 3. The molecule has 0 radical (unpaired) electrons. The Bertz CT molecular complexity index is 706. The van der Waals surface area contributed by atoms with E-state index in [-0.39, 0.29) is 5.91 Å². The number of anilines is 1. The number of imide groups is 1. The van der Waals surface area contributed by atoms with Gasteiger partial charge in [-0.15, -0.1) is 0 Å². The zero-order valence-corrected chi connectivity index (χ0v) is 18.2. The molecule has 1 aromatic carbocycles. The topological polar surface area (TPSA) is 76.2 Å². The molecule has 7 heteroatoms. The highest BCUT2D eigenvalue weighted by atomic mass is 16.6. The Morgan fingerprint density at radius 1 is 0.931 bits per heavy atom. The number of hydrogen-bond acceptors (Lipinski definition) is 5. The molecule has 0 saturated carbocycles.